The highest BCUT2D eigenvalue weighted by atomic mass is 32.2. The SMILES string of the molecule is CC(C)(C)c1ccc(C(NN)C2CCSC2)cc1. The fraction of sp³-hybridized carbons (Fsp3) is 0.600. The number of hydrazine groups is 1. The zero-order valence-electron chi connectivity index (χ0n) is 11.6. The van der Waals surface area contributed by atoms with Crippen molar-refractivity contribution in [1.29, 1.82) is 0 Å². The van der Waals surface area contributed by atoms with Crippen molar-refractivity contribution in [1.82, 2.24) is 5.43 Å². The summed E-state index contributed by atoms with van der Waals surface area (Å²) in [4.78, 5) is 0. The van der Waals surface area contributed by atoms with Gasteiger partial charge in [0.1, 0.15) is 0 Å². The average Bonchev–Trinajstić information content (AvgIpc) is 2.83. The Morgan fingerprint density at radius 1 is 1.28 bits per heavy atom. The topological polar surface area (TPSA) is 38.0 Å². The molecule has 0 amide bonds. The first-order valence-electron chi connectivity index (χ1n) is 6.66. The summed E-state index contributed by atoms with van der Waals surface area (Å²) >= 11 is 2.03. The van der Waals surface area contributed by atoms with Crippen LogP contribution in [-0.2, 0) is 5.41 Å². The van der Waals surface area contributed by atoms with Crippen LogP contribution >= 0.6 is 11.8 Å². The molecular formula is C15H24N2S. The number of rotatable bonds is 3. The summed E-state index contributed by atoms with van der Waals surface area (Å²) in [5, 5.41) is 0. The van der Waals surface area contributed by atoms with Crippen LogP contribution in [0.5, 0.6) is 0 Å². The Morgan fingerprint density at radius 2 is 1.94 bits per heavy atom. The Bertz CT molecular complexity index is 374. The van der Waals surface area contributed by atoms with E-state index in [0.717, 1.165) is 0 Å². The molecule has 2 nitrogen and oxygen atoms in total. The van der Waals surface area contributed by atoms with Crippen molar-refractivity contribution in [2.75, 3.05) is 11.5 Å². The van der Waals surface area contributed by atoms with E-state index in [4.69, 9.17) is 5.84 Å². The van der Waals surface area contributed by atoms with E-state index >= 15 is 0 Å². The van der Waals surface area contributed by atoms with E-state index < -0.39 is 0 Å². The van der Waals surface area contributed by atoms with Gasteiger partial charge in [-0.25, -0.2) is 0 Å². The molecule has 0 bridgehead atoms. The van der Waals surface area contributed by atoms with Gasteiger partial charge in [0.2, 0.25) is 0 Å². The Balaban J connectivity index is 2.16. The highest BCUT2D eigenvalue weighted by Gasteiger charge is 2.26. The molecule has 1 aromatic carbocycles. The summed E-state index contributed by atoms with van der Waals surface area (Å²) in [7, 11) is 0. The lowest BCUT2D eigenvalue weighted by Gasteiger charge is -2.24. The highest BCUT2D eigenvalue weighted by Crippen LogP contribution is 2.34. The third-order valence-corrected chi connectivity index (χ3v) is 4.94. The van der Waals surface area contributed by atoms with Gasteiger partial charge in [-0.05, 0) is 40.4 Å². The Kier molecular flexibility index (Phi) is 4.36. The number of benzene rings is 1. The minimum Gasteiger partial charge on any atom is -0.271 e. The van der Waals surface area contributed by atoms with E-state index in [0.29, 0.717) is 12.0 Å². The molecule has 0 spiro atoms. The molecule has 1 aliphatic heterocycles. The molecule has 0 aromatic heterocycles. The van der Waals surface area contributed by atoms with Crippen LogP contribution < -0.4 is 11.3 Å². The smallest absolute Gasteiger partial charge is 0.0496 e. The Morgan fingerprint density at radius 3 is 2.39 bits per heavy atom. The van der Waals surface area contributed by atoms with Gasteiger partial charge in [0, 0.05) is 6.04 Å². The first-order valence-corrected chi connectivity index (χ1v) is 7.82. The second kappa shape index (κ2) is 5.64. The molecule has 1 saturated heterocycles. The average molecular weight is 264 g/mol. The lowest BCUT2D eigenvalue weighted by Crippen LogP contribution is -2.33. The molecule has 0 saturated carbocycles. The lowest BCUT2D eigenvalue weighted by molar-refractivity contribution is 0.400. The van der Waals surface area contributed by atoms with Crippen molar-refractivity contribution in [3.63, 3.8) is 0 Å². The van der Waals surface area contributed by atoms with E-state index in [2.05, 4.69) is 50.5 Å². The van der Waals surface area contributed by atoms with Crippen molar-refractivity contribution in [2.24, 2.45) is 11.8 Å². The van der Waals surface area contributed by atoms with Gasteiger partial charge < -0.3 is 0 Å². The van der Waals surface area contributed by atoms with Gasteiger partial charge in [0.25, 0.3) is 0 Å². The molecule has 2 atom stereocenters. The lowest BCUT2D eigenvalue weighted by atomic mass is 9.85. The van der Waals surface area contributed by atoms with Crippen LogP contribution in [0.4, 0.5) is 0 Å². The second-order valence-electron chi connectivity index (χ2n) is 6.14. The minimum atomic E-state index is 0.216. The van der Waals surface area contributed by atoms with E-state index in [9.17, 15) is 0 Å². The number of thioether (sulfide) groups is 1. The van der Waals surface area contributed by atoms with E-state index in [1.165, 1.54) is 29.1 Å². The number of nitrogens with one attached hydrogen (secondary N) is 1. The van der Waals surface area contributed by atoms with Crippen molar-refractivity contribution in [2.45, 2.75) is 38.6 Å². The van der Waals surface area contributed by atoms with Gasteiger partial charge >= 0.3 is 0 Å². The fourth-order valence-electron chi connectivity index (χ4n) is 2.51. The standard InChI is InChI=1S/C15H24N2S/c1-15(2,3)13-6-4-11(5-7-13)14(17-16)12-8-9-18-10-12/h4-7,12,14,17H,8-10,16H2,1-3H3. The van der Waals surface area contributed by atoms with Gasteiger partial charge in [0.05, 0.1) is 0 Å². The zero-order valence-corrected chi connectivity index (χ0v) is 12.4. The summed E-state index contributed by atoms with van der Waals surface area (Å²) in [5.41, 5.74) is 5.92. The Labute approximate surface area is 115 Å². The van der Waals surface area contributed by atoms with Crippen LogP contribution in [0.3, 0.4) is 0 Å². The summed E-state index contributed by atoms with van der Waals surface area (Å²) < 4.78 is 0. The van der Waals surface area contributed by atoms with E-state index in [1.54, 1.807) is 0 Å². The van der Waals surface area contributed by atoms with Gasteiger partial charge in [-0.1, -0.05) is 45.0 Å². The summed E-state index contributed by atoms with van der Waals surface area (Å²) in [5.74, 6) is 8.90. The summed E-state index contributed by atoms with van der Waals surface area (Å²) in [6.45, 7) is 6.73. The molecule has 3 N–H and O–H groups in total. The molecule has 1 aromatic rings. The quantitative estimate of drug-likeness (QED) is 0.650. The van der Waals surface area contributed by atoms with E-state index in [-0.39, 0.29) is 5.41 Å². The molecule has 1 fully saturated rings. The normalized spacial score (nSPS) is 22.1. The molecule has 2 unspecified atom stereocenters. The Hall–Kier alpha value is -0.510. The molecule has 2 rings (SSSR count). The fourth-order valence-corrected chi connectivity index (χ4v) is 3.81. The number of nitrogens with two attached hydrogens (primary N) is 1. The highest BCUT2D eigenvalue weighted by molar-refractivity contribution is 7.99. The van der Waals surface area contributed by atoms with Crippen LogP contribution in [0.15, 0.2) is 24.3 Å². The molecule has 1 aliphatic rings. The molecule has 1 heterocycles. The van der Waals surface area contributed by atoms with Gasteiger partial charge in [-0.3, -0.25) is 11.3 Å². The monoisotopic (exact) mass is 264 g/mol. The molecule has 0 aliphatic carbocycles. The molecule has 0 radical (unpaired) electrons. The second-order valence-corrected chi connectivity index (χ2v) is 7.29. The van der Waals surface area contributed by atoms with Crippen LogP contribution in [0, 0.1) is 5.92 Å². The maximum Gasteiger partial charge on any atom is 0.0496 e. The van der Waals surface area contributed by atoms with Gasteiger partial charge in [-0.15, -0.1) is 0 Å². The van der Waals surface area contributed by atoms with Crippen LogP contribution in [0.2, 0.25) is 0 Å². The van der Waals surface area contributed by atoms with Gasteiger partial charge in [-0.2, -0.15) is 11.8 Å². The minimum absolute atomic E-state index is 0.216. The third kappa shape index (κ3) is 3.08. The predicted octanol–water partition coefficient (Wildman–Crippen LogP) is 3.24. The van der Waals surface area contributed by atoms with Crippen LogP contribution in [0.1, 0.15) is 44.4 Å². The van der Waals surface area contributed by atoms with Crippen molar-refractivity contribution in [3.05, 3.63) is 35.4 Å². The first-order chi connectivity index (χ1) is 8.52. The molecule has 3 heteroatoms. The maximum atomic E-state index is 5.75. The number of hydrogen-bond acceptors (Lipinski definition) is 3. The summed E-state index contributed by atoms with van der Waals surface area (Å²) in [6, 6.07) is 9.24. The maximum absolute atomic E-state index is 5.75. The largest absolute Gasteiger partial charge is 0.271 e. The van der Waals surface area contributed by atoms with Crippen LogP contribution in [0.25, 0.3) is 0 Å². The van der Waals surface area contributed by atoms with Crippen molar-refractivity contribution in [3.8, 4) is 0 Å². The molecule has 18 heavy (non-hydrogen) atoms. The van der Waals surface area contributed by atoms with E-state index in [1.807, 2.05) is 11.8 Å². The van der Waals surface area contributed by atoms with Gasteiger partial charge in [0.15, 0.2) is 0 Å². The molecular weight excluding hydrogens is 240 g/mol. The van der Waals surface area contributed by atoms with Crippen molar-refractivity contribution < 1.29 is 0 Å². The summed E-state index contributed by atoms with van der Waals surface area (Å²) in [6.07, 6.45) is 1.26. The number of hydrogen-bond donors (Lipinski definition) is 2. The molecule has 100 valence electrons. The predicted molar refractivity (Wildman–Crippen MR) is 80.6 cm³/mol. The van der Waals surface area contributed by atoms with Crippen molar-refractivity contribution >= 4 is 11.8 Å². The zero-order chi connectivity index (χ0) is 13.2. The first kappa shape index (κ1) is 13.9. The van der Waals surface area contributed by atoms with Crippen LogP contribution in [-0.4, -0.2) is 11.5 Å². The third-order valence-electron chi connectivity index (χ3n) is 3.75.